The number of hydrogen-bond acceptors (Lipinski definition) is 4. The van der Waals surface area contributed by atoms with Crippen LogP contribution in [-0.2, 0) is 9.47 Å². The SMILES string of the molecule is COCCOCCCN1CCCC(CO)C1. The first-order chi connectivity index (χ1) is 7.86. The molecule has 1 rings (SSSR count). The van der Waals surface area contributed by atoms with Crippen molar-refractivity contribution >= 4 is 0 Å². The van der Waals surface area contributed by atoms with Gasteiger partial charge in [0.15, 0.2) is 0 Å². The Bertz CT molecular complexity index is 166. The topological polar surface area (TPSA) is 41.9 Å². The Balaban J connectivity index is 1.95. The van der Waals surface area contributed by atoms with E-state index in [0.717, 1.165) is 26.1 Å². The second kappa shape index (κ2) is 8.93. The minimum absolute atomic E-state index is 0.334. The maximum Gasteiger partial charge on any atom is 0.0700 e. The largest absolute Gasteiger partial charge is 0.396 e. The van der Waals surface area contributed by atoms with E-state index in [9.17, 15) is 0 Å². The van der Waals surface area contributed by atoms with Crippen LogP contribution in [-0.4, -0.2) is 63.2 Å². The number of aliphatic hydroxyl groups excluding tert-OH is 1. The molecule has 1 unspecified atom stereocenters. The van der Waals surface area contributed by atoms with Crippen LogP contribution >= 0.6 is 0 Å². The zero-order valence-electron chi connectivity index (χ0n) is 10.4. The third-order valence-electron chi connectivity index (χ3n) is 3.06. The Hall–Kier alpha value is -0.160. The zero-order chi connectivity index (χ0) is 11.6. The number of methoxy groups -OCH3 is 1. The van der Waals surface area contributed by atoms with E-state index < -0.39 is 0 Å². The molecule has 1 saturated heterocycles. The summed E-state index contributed by atoms with van der Waals surface area (Å²) in [6.07, 6.45) is 3.47. The first-order valence-corrected chi connectivity index (χ1v) is 6.26. The minimum atomic E-state index is 0.334. The Morgan fingerprint density at radius 2 is 2.19 bits per heavy atom. The summed E-state index contributed by atoms with van der Waals surface area (Å²) in [6, 6.07) is 0. The first kappa shape index (κ1) is 13.9. The molecule has 1 atom stereocenters. The van der Waals surface area contributed by atoms with Crippen molar-refractivity contribution in [3.63, 3.8) is 0 Å². The summed E-state index contributed by atoms with van der Waals surface area (Å²) < 4.78 is 10.3. The Labute approximate surface area is 98.5 Å². The average molecular weight is 231 g/mol. The van der Waals surface area contributed by atoms with Crippen molar-refractivity contribution in [2.75, 3.05) is 53.2 Å². The van der Waals surface area contributed by atoms with Crippen LogP contribution in [0.15, 0.2) is 0 Å². The maximum atomic E-state index is 9.11. The van der Waals surface area contributed by atoms with Gasteiger partial charge >= 0.3 is 0 Å². The van der Waals surface area contributed by atoms with Crippen molar-refractivity contribution in [1.29, 1.82) is 0 Å². The van der Waals surface area contributed by atoms with E-state index in [0.29, 0.717) is 25.7 Å². The van der Waals surface area contributed by atoms with Crippen molar-refractivity contribution in [1.82, 2.24) is 4.90 Å². The third-order valence-corrected chi connectivity index (χ3v) is 3.06. The minimum Gasteiger partial charge on any atom is -0.396 e. The summed E-state index contributed by atoms with van der Waals surface area (Å²) in [5.41, 5.74) is 0. The lowest BCUT2D eigenvalue weighted by Crippen LogP contribution is -2.37. The second-order valence-electron chi connectivity index (χ2n) is 4.45. The van der Waals surface area contributed by atoms with Crippen molar-refractivity contribution in [2.45, 2.75) is 19.3 Å². The summed E-state index contributed by atoms with van der Waals surface area (Å²) in [7, 11) is 1.69. The van der Waals surface area contributed by atoms with E-state index in [4.69, 9.17) is 14.6 Å². The highest BCUT2D eigenvalue weighted by atomic mass is 16.5. The molecule has 0 aromatic heterocycles. The zero-order valence-corrected chi connectivity index (χ0v) is 10.4. The molecular formula is C12H25NO3. The number of piperidine rings is 1. The average Bonchev–Trinajstić information content (AvgIpc) is 2.34. The highest BCUT2D eigenvalue weighted by Crippen LogP contribution is 2.15. The maximum absolute atomic E-state index is 9.11. The number of rotatable bonds is 8. The lowest BCUT2D eigenvalue weighted by atomic mass is 9.99. The molecule has 4 heteroatoms. The molecule has 1 fully saturated rings. The van der Waals surface area contributed by atoms with Gasteiger partial charge in [0.25, 0.3) is 0 Å². The normalized spacial score (nSPS) is 22.5. The quantitative estimate of drug-likeness (QED) is 0.626. The smallest absolute Gasteiger partial charge is 0.0700 e. The summed E-state index contributed by atoms with van der Waals surface area (Å²) in [5, 5.41) is 9.11. The number of aliphatic hydroxyl groups is 1. The van der Waals surface area contributed by atoms with Crippen LogP contribution < -0.4 is 0 Å². The molecule has 96 valence electrons. The van der Waals surface area contributed by atoms with Gasteiger partial charge in [0, 0.05) is 33.4 Å². The predicted octanol–water partition coefficient (Wildman–Crippen LogP) is 0.744. The van der Waals surface area contributed by atoms with Crippen molar-refractivity contribution in [3.05, 3.63) is 0 Å². The van der Waals surface area contributed by atoms with Crippen LogP contribution in [0.25, 0.3) is 0 Å². The summed E-state index contributed by atoms with van der Waals surface area (Å²) in [5.74, 6) is 0.489. The van der Waals surface area contributed by atoms with Crippen molar-refractivity contribution in [2.24, 2.45) is 5.92 Å². The van der Waals surface area contributed by atoms with Crippen LogP contribution in [0, 0.1) is 5.92 Å². The standard InChI is InChI=1S/C12H25NO3/c1-15-8-9-16-7-3-6-13-5-2-4-12(10-13)11-14/h12,14H,2-11H2,1H3. The fourth-order valence-electron chi connectivity index (χ4n) is 2.14. The fourth-order valence-corrected chi connectivity index (χ4v) is 2.14. The van der Waals surface area contributed by atoms with Gasteiger partial charge in [-0.3, -0.25) is 0 Å². The number of hydrogen-bond donors (Lipinski definition) is 1. The molecule has 0 aromatic rings. The second-order valence-corrected chi connectivity index (χ2v) is 4.45. The number of nitrogens with zero attached hydrogens (tertiary/aromatic N) is 1. The molecule has 0 saturated carbocycles. The van der Waals surface area contributed by atoms with Crippen LogP contribution in [0.1, 0.15) is 19.3 Å². The Kier molecular flexibility index (Phi) is 7.76. The van der Waals surface area contributed by atoms with E-state index in [2.05, 4.69) is 4.90 Å². The van der Waals surface area contributed by atoms with Crippen LogP contribution in [0.3, 0.4) is 0 Å². The molecule has 1 aliphatic heterocycles. The molecule has 0 amide bonds. The highest BCUT2D eigenvalue weighted by molar-refractivity contribution is 4.71. The van der Waals surface area contributed by atoms with Gasteiger partial charge in [-0.05, 0) is 31.7 Å². The lowest BCUT2D eigenvalue weighted by Gasteiger charge is -2.31. The van der Waals surface area contributed by atoms with Gasteiger partial charge in [-0.1, -0.05) is 0 Å². The molecule has 0 spiro atoms. The third kappa shape index (κ3) is 5.80. The summed E-state index contributed by atoms with van der Waals surface area (Å²) in [6.45, 7) is 5.82. The molecule has 1 N–H and O–H groups in total. The van der Waals surface area contributed by atoms with Gasteiger partial charge < -0.3 is 19.5 Å². The van der Waals surface area contributed by atoms with Gasteiger partial charge in [-0.2, -0.15) is 0 Å². The van der Waals surface area contributed by atoms with E-state index in [1.54, 1.807) is 7.11 Å². The van der Waals surface area contributed by atoms with Gasteiger partial charge in [0.2, 0.25) is 0 Å². The Morgan fingerprint density at radius 3 is 2.94 bits per heavy atom. The van der Waals surface area contributed by atoms with Crippen LogP contribution in [0.4, 0.5) is 0 Å². The lowest BCUT2D eigenvalue weighted by molar-refractivity contribution is 0.0599. The van der Waals surface area contributed by atoms with Crippen molar-refractivity contribution in [3.8, 4) is 0 Å². The van der Waals surface area contributed by atoms with Crippen LogP contribution in [0.2, 0.25) is 0 Å². The van der Waals surface area contributed by atoms with Crippen LogP contribution in [0.5, 0.6) is 0 Å². The number of likely N-dealkylation sites (tertiary alicyclic amines) is 1. The van der Waals surface area contributed by atoms with E-state index in [1.807, 2.05) is 0 Å². The molecule has 0 radical (unpaired) electrons. The van der Waals surface area contributed by atoms with E-state index in [1.165, 1.54) is 19.4 Å². The molecule has 0 aromatic carbocycles. The molecule has 1 heterocycles. The van der Waals surface area contributed by atoms with Crippen molar-refractivity contribution < 1.29 is 14.6 Å². The molecule has 4 nitrogen and oxygen atoms in total. The molecule has 0 aliphatic carbocycles. The van der Waals surface area contributed by atoms with E-state index in [-0.39, 0.29) is 0 Å². The molecule has 0 bridgehead atoms. The Morgan fingerprint density at radius 1 is 1.31 bits per heavy atom. The molecule has 16 heavy (non-hydrogen) atoms. The monoisotopic (exact) mass is 231 g/mol. The first-order valence-electron chi connectivity index (χ1n) is 6.26. The fraction of sp³-hybridized carbons (Fsp3) is 1.00. The molecular weight excluding hydrogens is 206 g/mol. The van der Waals surface area contributed by atoms with E-state index >= 15 is 0 Å². The van der Waals surface area contributed by atoms with Gasteiger partial charge in [-0.15, -0.1) is 0 Å². The summed E-state index contributed by atoms with van der Waals surface area (Å²) in [4.78, 5) is 2.43. The number of ether oxygens (including phenoxy) is 2. The predicted molar refractivity (Wildman–Crippen MR) is 63.6 cm³/mol. The molecule has 1 aliphatic rings. The summed E-state index contributed by atoms with van der Waals surface area (Å²) >= 11 is 0. The van der Waals surface area contributed by atoms with Gasteiger partial charge in [0.1, 0.15) is 0 Å². The van der Waals surface area contributed by atoms with Gasteiger partial charge in [-0.25, -0.2) is 0 Å². The van der Waals surface area contributed by atoms with Gasteiger partial charge in [0.05, 0.1) is 13.2 Å². The highest BCUT2D eigenvalue weighted by Gasteiger charge is 2.18.